The van der Waals surface area contributed by atoms with Crippen LogP contribution in [0.1, 0.15) is 44.9 Å². The molecule has 0 saturated heterocycles. The maximum atomic E-state index is 10.3. The van der Waals surface area contributed by atoms with Crippen LogP contribution >= 0.6 is 7.82 Å². The third-order valence-corrected chi connectivity index (χ3v) is 2.58. The molecule has 6 heteroatoms. The van der Waals surface area contributed by atoms with Crippen molar-refractivity contribution in [3.05, 3.63) is 0 Å². The molecule has 0 bridgehead atoms. The smallest absolute Gasteiger partial charge is 0.396 e. The molecule has 0 heterocycles. The summed E-state index contributed by atoms with van der Waals surface area (Å²) in [4.78, 5) is 16.8. The Kier molecular flexibility index (Phi) is 9.35. The van der Waals surface area contributed by atoms with Gasteiger partial charge in [0.25, 0.3) is 0 Å². The van der Waals surface area contributed by atoms with Crippen LogP contribution in [0.4, 0.5) is 0 Å². The number of rotatable bonds is 10. The van der Waals surface area contributed by atoms with Gasteiger partial charge < -0.3 is 14.9 Å². The van der Waals surface area contributed by atoms with Crippen LogP contribution in [0, 0.1) is 0 Å². The van der Waals surface area contributed by atoms with Gasteiger partial charge in [0.1, 0.15) is 0 Å². The summed E-state index contributed by atoms with van der Waals surface area (Å²) in [5.74, 6) is 0. The van der Waals surface area contributed by atoms with E-state index in [1.807, 2.05) is 0 Å². The molecule has 92 valence electrons. The summed E-state index contributed by atoms with van der Waals surface area (Å²) in [7, 11) is -4.26. The molecule has 0 aromatic carbocycles. The molecule has 0 fully saturated rings. The van der Waals surface area contributed by atoms with Gasteiger partial charge in [-0.1, -0.05) is 32.1 Å². The lowest BCUT2D eigenvalue weighted by molar-refractivity contribution is 0.193. The van der Waals surface area contributed by atoms with E-state index in [-0.39, 0.29) is 13.2 Å². The first-order valence-corrected chi connectivity index (χ1v) is 6.90. The molecule has 0 rings (SSSR count). The summed E-state index contributed by atoms with van der Waals surface area (Å²) in [5.41, 5.74) is 0. The molecule has 0 atom stereocenters. The molecule has 15 heavy (non-hydrogen) atoms. The number of phosphoric ester groups is 1. The third-order valence-electron chi connectivity index (χ3n) is 2.06. The van der Waals surface area contributed by atoms with E-state index in [2.05, 4.69) is 4.52 Å². The van der Waals surface area contributed by atoms with E-state index < -0.39 is 7.82 Å². The first-order valence-electron chi connectivity index (χ1n) is 5.37. The zero-order valence-corrected chi connectivity index (χ0v) is 9.86. The summed E-state index contributed by atoms with van der Waals surface area (Å²) in [5, 5.41) is 8.52. The Hall–Kier alpha value is 0.0700. The topological polar surface area (TPSA) is 87.0 Å². The highest BCUT2D eigenvalue weighted by Gasteiger charge is 2.12. The number of hydrogen-bond acceptors (Lipinski definition) is 3. The van der Waals surface area contributed by atoms with Gasteiger partial charge in [0.2, 0.25) is 0 Å². The lowest BCUT2D eigenvalue weighted by Gasteiger charge is -2.04. The van der Waals surface area contributed by atoms with Gasteiger partial charge in [0, 0.05) is 6.61 Å². The van der Waals surface area contributed by atoms with Crippen LogP contribution in [0.5, 0.6) is 0 Å². The molecule has 0 radical (unpaired) electrons. The fraction of sp³-hybridized carbons (Fsp3) is 1.00. The Balaban J connectivity index is 3.02. The van der Waals surface area contributed by atoms with Crippen molar-refractivity contribution < 1.29 is 24.0 Å². The number of unbranched alkanes of at least 4 members (excludes halogenated alkanes) is 6. The summed E-state index contributed by atoms with van der Waals surface area (Å²) in [6.07, 6.45) is 6.80. The summed E-state index contributed by atoms with van der Waals surface area (Å²) >= 11 is 0. The molecular formula is C9H21O5P. The van der Waals surface area contributed by atoms with Gasteiger partial charge in [-0.15, -0.1) is 0 Å². The van der Waals surface area contributed by atoms with Crippen LogP contribution in [-0.4, -0.2) is 28.1 Å². The Bertz CT molecular complexity index is 179. The second kappa shape index (κ2) is 9.31. The van der Waals surface area contributed by atoms with E-state index in [4.69, 9.17) is 14.9 Å². The SMILES string of the molecule is O=P(O)(O)OCCCCCCCCCO. The maximum absolute atomic E-state index is 10.3. The zero-order chi connectivity index (χ0) is 11.6. The minimum absolute atomic E-state index is 0.126. The van der Waals surface area contributed by atoms with E-state index >= 15 is 0 Å². The first kappa shape index (κ1) is 15.1. The van der Waals surface area contributed by atoms with Crippen LogP contribution < -0.4 is 0 Å². The molecule has 0 spiro atoms. The maximum Gasteiger partial charge on any atom is 0.469 e. The molecule has 0 aliphatic rings. The lowest BCUT2D eigenvalue weighted by atomic mass is 10.1. The molecular weight excluding hydrogens is 219 g/mol. The molecule has 0 aliphatic carbocycles. The number of hydrogen-bond donors (Lipinski definition) is 3. The van der Waals surface area contributed by atoms with Crippen molar-refractivity contribution in [2.45, 2.75) is 44.9 Å². The van der Waals surface area contributed by atoms with E-state index in [0.29, 0.717) is 6.42 Å². The Labute approximate surface area is 90.7 Å². The number of aliphatic hydroxyl groups excluding tert-OH is 1. The number of aliphatic hydroxyl groups is 1. The molecule has 0 aliphatic heterocycles. The third kappa shape index (κ3) is 14.1. The van der Waals surface area contributed by atoms with E-state index in [1.54, 1.807) is 0 Å². The van der Waals surface area contributed by atoms with E-state index in [9.17, 15) is 4.57 Å². The second-order valence-corrected chi connectivity index (χ2v) is 4.76. The highest BCUT2D eigenvalue weighted by atomic mass is 31.2. The normalized spacial score (nSPS) is 11.9. The fourth-order valence-corrected chi connectivity index (χ4v) is 1.65. The van der Waals surface area contributed by atoms with E-state index in [1.165, 1.54) is 0 Å². The highest BCUT2D eigenvalue weighted by Crippen LogP contribution is 2.35. The molecule has 0 saturated carbocycles. The predicted octanol–water partition coefficient (Wildman–Crippen LogP) is 1.82. The quantitative estimate of drug-likeness (QED) is 0.400. The predicted molar refractivity (Wildman–Crippen MR) is 57.4 cm³/mol. The summed E-state index contributed by atoms with van der Waals surface area (Å²) in [6.45, 7) is 0.386. The minimum atomic E-state index is -4.26. The van der Waals surface area contributed by atoms with Crippen LogP contribution in [0.15, 0.2) is 0 Å². The summed E-state index contributed by atoms with van der Waals surface area (Å²) < 4.78 is 14.6. The lowest BCUT2D eigenvalue weighted by Crippen LogP contribution is -1.92. The van der Waals surface area contributed by atoms with Crippen molar-refractivity contribution in [3.8, 4) is 0 Å². The summed E-state index contributed by atoms with van der Waals surface area (Å²) in [6, 6.07) is 0. The Morgan fingerprint density at radius 2 is 1.33 bits per heavy atom. The Morgan fingerprint density at radius 3 is 1.80 bits per heavy atom. The molecule has 0 unspecified atom stereocenters. The number of phosphoric acid groups is 1. The van der Waals surface area contributed by atoms with Crippen molar-refractivity contribution in [1.82, 2.24) is 0 Å². The van der Waals surface area contributed by atoms with Gasteiger partial charge in [0.15, 0.2) is 0 Å². The van der Waals surface area contributed by atoms with Crippen LogP contribution in [0.3, 0.4) is 0 Å². The van der Waals surface area contributed by atoms with E-state index in [0.717, 1.165) is 38.5 Å². The molecule has 5 nitrogen and oxygen atoms in total. The van der Waals surface area contributed by atoms with Crippen molar-refractivity contribution in [3.63, 3.8) is 0 Å². The minimum Gasteiger partial charge on any atom is -0.396 e. The average molecular weight is 240 g/mol. The Morgan fingerprint density at radius 1 is 0.867 bits per heavy atom. The van der Waals surface area contributed by atoms with Gasteiger partial charge in [-0.3, -0.25) is 4.52 Å². The molecule has 0 aromatic heterocycles. The van der Waals surface area contributed by atoms with Gasteiger partial charge in [-0.05, 0) is 12.8 Å². The van der Waals surface area contributed by atoms with Crippen LogP contribution in [0.2, 0.25) is 0 Å². The van der Waals surface area contributed by atoms with Gasteiger partial charge >= 0.3 is 7.82 Å². The highest BCUT2D eigenvalue weighted by molar-refractivity contribution is 7.46. The van der Waals surface area contributed by atoms with Crippen LogP contribution in [-0.2, 0) is 9.09 Å². The van der Waals surface area contributed by atoms with Gasteiger partial charge in [0.05, 0.1) is 6.61 Å². The van der Waals surface area contributed by atoms with Crippen molar-refractivity contribution in [2.75, 3.05) is 13.2 Å². The molecule has 3 N–H and O–H groups in total. The van der Waals surface area contributed by atoms with Crippen molar-refractivity contribution >= 4 is 7.82 Å². The zero-order valence-electron chi connectivity index (χ0n) is 8.97. The average Bonchev–Trinajstić information content (AvgIpc) is 2.14. The second-order valence-electron chi connectivity index (χ2n) is 3.52. The standard InChI is InChI=1S/C9H21O5P/c10-8-6-4-2-1-3-5-7-9-14-15(11,12)13/h10H,1-9H2,(H2,11,12,13). The van der Waals surface area contributed by atoms with Crippen LogP contribution in [0.25, 0.3) is 0 Å². The van der Waals surface area contributed by atoms with Gasteiger partial charge in [-0.25, -0.2) is 4.57 Å². The monoisotopic (exact) mass is 240 g/mol. The van der Waals surface area contributed by atoms with Crippen molar-refractivity contribution in [2.24, 2.45) is 0 Å². The van der Waals surface area contributed by atoms with Gasteiger partial charge in [-0.2, -0.15) is 0 Å². The fourth-order valence-electron chi connectivity index (χ4n) is 1.28. The van der Waals surface area contributed by atoms with Crippen molar-refractivity contribution in [1.29, 1.82) is 0 Å². The largest absolute Gasteiger partial charge is 0.469 e. The molecule has 0 aromatic rings. The molecule has 0 amide bonds. The first-order chi connectivity index (χ1) is 7.06.